The molecular formula is C21H29NO9. The molecule has 1 aromatic rings. The summed E-state index contributed by atoms with van der Waals surface area (Å²) in [7, 11) is 1.32. The predicted molar refractivity (Wildman–Crippen MR) is 109 cm³/mol. The van der Waals surface area contributed by atoms with Gasteiger partial charge in [0, 0.05) is 6.54 Å². The van der Waals surface area contributed by atoms with Crippen molar-refractivity contribution in [2.24, 2.45) is 5.41 Å². The number of nitrogens with zero attached hydrogens (tertiary/aromatic N) is 1. The average Bonchev–Trinajstić information content (AvgIpc) is 2.72. The van der Waals surface area contributed by atoms with Gasteiger partial charge in [0.15, 0.2) is 0 Å². The quantitative estimate of drug-likeness (QED) is 0.323. The van der Waals surface area contributed by atoms with Crippen molar-refractivity contribution in [2.45, 2.75) is 26.8 Å². The molecule has 0 spiro atoms. The molecule has 1 atom stereocenters. The van der Waals surface area contributed by atoms with Gasteiger partial charge in [-0.1, -0.05) is 19.1 Å². The summed E-state index contributed by atoms with van der Waals surface area (Å²) in [5, 5.41) is 17.8. The Morgan fingerprint density at radius 1 is 1.00 bits per heavy atom. The highest BCUT2D eigenvalue weighted by Crippen LogP contribution is 2.23. The van der Waals surface area contributed by atoms with Gasteiger partial charge in [0.2, 0.25) is 0 Å². The molecule has 10 nitrogen and oxygen atoms in total. The molecule has 0 fully saturated rings. The van der Waals surface area contributed by atoms with Crippen LogP contribution < -0.4 is 0 Å². The zero-order valence-electron chi connectivity index (χ0n) is 18.0. The fraction of sp³-hybridized carbons (Fsp3) is 0.524. The predicted octanol–water partition coefficient (Wildman–Crippen LogP) is 1.42. The Morgan fingerprint density at radius 2 is 1.58 bits per heavy atom. The van der Waals surface area contributed by atoms with Crippen molar-refractivity contribution in [1.82, 2.24) is 4.90 Å². The van der Waals surface area contributed by atoms with Crippen LogP contribution in [0.2, 0.25) is 0 Å². The third kappa shape index (κ3) is 9.14. The van der Waals surface area contributed by atoms with E-state index in [1.165, 1.54) is 24.1 Å². The van der Waals surface area contributed by atoms with E-state index < -0.39 is 36.4 Å². The second-order valence-electron chi connectivity index (χ2n) is 7.22. The first-order valence-corrected chi connectivity index (χ1v) is 9.69. The van der Waals surface area contributed by atoms with Gasteiger partial charge in [-0.25, -0.2) is 4.79 Å². The van der Waals surface area contributed by atoms with Crippen molar-refractivity contribution < 1.29 is 43.6 Å². The van der Waals surface area contributed by atoms with Gasteiger partial charge in [0.1, 0.15) is 6.61 Å². The van der Waals surface area contributed by atoms with Gasteiger partial charge in [-0.15, -0.1) is 0 Å². The molecule has 0 aliphatic heterocycles. The van der Waals surface area contributed by atoms with Crippen LogP contribution in [0.15, 0.2) is 24.3 Å². The van der Waals surface area contributed by atoms with Crippen LogP contribution in [0.5, 0.6) is 0 Å². The topological polar surface area (TPSA) is 140 Å². The van der Waals surface area contributed by atoms with Crippen LogP contribution >= 0.6 is 0 Å². The molecule has 31 heavy (non-hydrogen) atoms. The summed E-state index contributed by atoms with van der Waals surface area (Å²) in [4.78, 5) is 46.9. The Labute approximate surface area is 180 Å². The lowest BCUT2D eigenvalue weighted by Crippen LogP contribution is -2.34. The van der Waals surface area contributed by atoms with E-state index in [1.54, 1.807) is 19.1 Å². The number of benzene rings is 1. The smallest absolute Gasteiger partial charge is 0.338 e. The van der Waals surface area contributed by atoms with E-state index in [0.29, 0.717) is 17.5 Å². The van der Waals surface area contributed by atoms with Crippen molar-refractivity contribution in [2.75, 3.05) is 40.0 Å². The molecule has 0 saturated carbocycles. The van der Waals surface area contributed by atoms with Crippen molar-refractivity contribution in [3.63, 3.8) is 0 Å². The van der Waals surface area contributed by atoms with Crippen LogP contribution in [0.3, 0.4) is 0 Å². The third-order valence-electron chi connectivity index (χ3n) is 4.65. The highest BCUT2D eigenvalue weighted by molar-refractivity contribution is 5.89. The second-order valence-corrected chi connectivity index (χ2v) is 7.22. The summed E-state index contributed by atoms with van der Waals surface area (Å²) >= 11 is 0. The highest BCUT2D eigenvalue weighted by atomic mass is 16.6. The second kappa shape index (κ2) is 12.7. The molecule has 2 N–H and O–H groups in total. The maximum absolute atomic E-state index is 12.1. The number of carboxylic acid groups (broad SMARTS) is 2. The van der Waals surface area contributed by atoms with Crippen LogP contribution in [0.25, 0.3) is 0 Å². The van der Waals surface area contributed by atoms with E-state index in [4.69, 9.17) is 24.4 Å². The lowest BCUT2D eigenvalue weighted by atomic mass is 9.89. The molecule has 0 saturated heterocycles. The van der Waals surface area contributed by atoms with Gasteiger partial charge >= 0.3 is 23.9 Å². The maximum Gasteiger partial charge on any atom is 0.338 e. The molecule has 0 aromatic heterocycles. The number of methoxy groups -OCH3 is 1. The minimum absolute atomic E-state index is 0.00650. The third-order valence-corrected chi connectivity index (χ3v) is 4.65. The zero-order valence-corrected chi connectivity index (χ0v) is 18.0. The number of carbonyl (C=O) groups excluding carboxylic acids is 2. The van der Waals surface area contributed by atoms with Gasteiger partial charge < -0.3 is 24.4 Å². The minimum Gasteiger partial charge on any atom is -0.480 e. The summed E-state index contributed by atoms with van der Waals surface area (Å²) in [5.74, 6) is -3.18. The summed E-state index contributed by atoms with van der Waals surface area (Å²) in [6.45, 7) is 3.14. The van der Waals surface area contributed by atoms with Crippen molar-refractivity contribution >= 4 is 23.9 Å². The molecule has 0 aliphatic carbocycles. The van der Waals surface area contributed by atoms with E-state index in [9.17, 15) is 19.2 Å². The molecular weight excluding hydrogens is 410 g/mol. The van der Waals surface area contributed by atoms with Crippen LogP contribution in [0.4, 0.5) is 0 Å². The molecule has 0 amide bonds. The summed E-state index contributed by atoms with van der Waals surface area (Å²) < 4.78 is 15.4. The zero-order chi connectivity index (χ0) is 23.4. The Hall–Kier alpha value is -2.98. The molecule has 1 rings (SSSR count). The first kappa shape index (κ1) is 26.1. The Bertz CT molecular complexity index is 747. The van der Waals surface area contributed by atoms with Crippen LogP contribution in [0.1, 0.15) is 36.2 Å². The number of aliphatic carboxylic acids is 2. The molecule has 1 aromatic carbocycles. The van der Waals surface area contributed by atoms with Crippen molar-refractivity contribution in [3.05, 3.63) is 35.4 Å². The number of esters is 2. The van der Waals surface area contributed by atoms with Gasteiger partial charge in [-0.2, -0.15) is 0 Å². The standard InChI is InChI=1S/C21H29NO9/c1-4-21(2,20(28)29-3)14-30-9-10-31-19(27)16-7-5-15(6-8-16)11-22(12-17(23)24)13-18(25)26/h5-8H,4,9-14H2,1-3H3,(H,23,24)(H,25,26). The van der Waals surface area contributed by atoms with Gasteiger partial charge in [-0.3, -0.25) is 19.3 Å². The van der Waals surface area contributed by atoms with E-state index in [1.807, 2.05) is 6.92 Å². The maximum atomic E-state index is 12.1. The van der Waals surface area contributed by atoms with E-state index >= 15 is 0 Å². The number of hydrogen-bond donors (Lipinski definition) is 2. The van der Waals surface area contributed by atoms with Crippen LogP contribution in [-0.4, -0.2) is 79.0 Å². The number of rotatable bonds is 14. The summed E-state index contributed by atoms with van der Waals surface area (Å²) in [6.07, 6.45) is 0.544. The number of hydrogen-bond acceptors (Lipinski definition) is 8. The summed E-state index contributed by atoms with van der Waals surface area (Å²) in [5.41, 5.74) is 0.188. The van der Waals surface area contributed by atoms with E-state index in [-0.39, 0.29) is 32.3 Å². The molecule has 0 radical (unpaired) electrons. The van der Waals surface area contributed by atoms with Crippen LogP contribution in [-0.2, 0) is 35.1 Å². The number of carboxylic acids is 2. The van der Waals surface area contributed by atoms with Gasteiger partial charge in [-0.05, 0) is 31.0 Å². The largest absolute Gasteiger partial charge is 0.480 e. The molecule has 0 aliphatic rings. The van der Waals surface area contributed by atoms with Crippen molar-refractivity contribution in [1.29, 1.82) is 0 Å². The first-order chi connectivity index (χ1) is 14.6. The molecule has 1 unspecified atom stereocenters. The van der Waals surface area contributed by atoms with Gasteiger partial charge in [0.05, 0.1) is 44.4 Å². The first-order valence-electron chi connectivity index (χ1n) is 9.69. The number of ether oxygens (including phenoxy) is 3. The Balaban J connectivity index is 2.50. The fourth-order valence-electron chi connectivity index (χ4n) is 2.68. The molecule has 172 valence electrons. The van der Waals surface area contributed by atoms with Crippen molar-refractivity contribution in [3.8, 4) is 0 Å². The average molecular weight is 439 g/mol. The normalized spacial score (nSPS) is 12.8. The van der Waals surface area contributed by atoms with E-state index in [0.717, 1.165) is 0 Å². The molecule has 0 heterocycles. The fourth-order valence-corrected chi connectivity index (χ4v) is 2.68. The number of carbonyl (C=O) groups is 4. The lowest BCUT2D eigenvalue weighted by Gasteiger charge is -2.24. The lowest BCUT2D eigenvalue weighted by molar-refractivity contribution is -0.156. The SMILES string of the molecule is CCC(C)(COCCOC(=O)c1ccc(CN(CC(=O)O)CC(=O)O)cc1)C(=O)OC. The monoisotopic (exact) mass is 439 g/mol. The Kier molecular flexibility index (Phi) is 10.6. The van der Waals surface area contributed by atoms with Gasteiger partial charge in [0.25, 0.3) is 0 Å². The van der Waals surface area contributed by atoms with E-state index in [2.05, 4.69) is 0 Å². The molecule has 10 heteroatoms. The summed E-state index contributed by atoms with van der Waals surface area (Å²) in [6, 6.07) is 6.24. The minimum atomic E-state index is -1.13. The highest BCUT2D eigenvalue weighted by Gasteiger charge is 2.32. The Morgan fingerprint density at radius 3 is 2.06 bits per heavy atom. The van der Waals surface area contributed by atoms with Crippen LogP contribution in [0, 0.1) is 5.41 Å². The molecule has 0 bridgehead atoms.